The Morgan fingerprint density at radius 3 is 2.14 bits per heavy atom. The average molecular weight is 216 g/mol. The first kappa shape index (κ1) is 11.0. The van der Waals surface area contributed by atoms with Gasteiger partial charge < -0.3 is 0 Å². The van der Waals surface area contributed by atoms with Crippen LogP contribution in [0.4, 0.5) is 13.2 Å². The first-order valence-corrected chi connectivity index (χ1v) is 4.98. The summed E-state index contributed by atoms with van der Waals surface area (Å²) in [5.41, 5.74) is -0.0560. The predicted molar refractivity (Wildman–Crippen MR) is 51.8 cm³/mol. The van der Waals surface area contributed by atoms with Crippen LogP contribution in [0.25, 0.3) is 0 Å². The SMILES string of the molecule is CSC#Cc1ccc(C(F)(F)F)cc1. The summed E-state index contributed by atoms with van der Waals surface area (Å²) in [4.78, 5) is 0. The molecule has 0 bridgehead atoms. The van der Waals surface area contributed by atoms with E-state index in [1.165, 1.54) is 23.9 Å². The first-order valence-electron chi connectivity index (χ1n) is 3.75. The molecule has 0 nitrogen and oxygen atoms in total. The van der Waals surface area contributed by atoms with Gasteiger partial charge in [-0.3, -0.25) is 0 Å². The molecule has 0 unspecified atom stereocenters. The van der Waals surface area contributed by atoms with Crippen LogP contribution in [0.5, 0.6) is 0 Å². The van der Waals surface area contributed by atoms with E-state index in [-0.39, 0.29) is 0 Å². The Labute approximate surface area is 84.5 Å². The zero-order valence-corrected chi connectivity index (χ0v) is 8.17. The number of benzene rings is 1. The Morgan fingerprint density at radius 1 is 1.14 bits per heavy atom. The van der Waals surface area contributed by atoms with Crippen molar-refractivity contribution in [1.82, 2.24) is 0 Å². The Morgan fingerprint density at radius 2 is 1.71 bits per heavy atom. The Bertz CT molecular complexity index is 354. The second-order valence-corrected chi connectivity index (χ2v) is 3.12. The van der Waals surface area contributed by atoms with E-state index < -0.39 is 11.7 Å². The Kier molecular flexibility index (Phi) is 3.48. The molecule has 0 N–H and O–H groups in total. The van der Waals surface area contributed by atoms with Crippen molar-refractivity contribution in [3.63, 3.8) is 0 Å². The summed E-state index contributed by atoms with van der Waals surface area (Å²) in [6.07, 6.45) is -2.47. The minimum Gasteiger partial charge on any atom is -0.166 e. The maximum Gasteiger partial charge on any atom is 0.416 e. The summed E-state index contributed by atoms with van der Waals surface area (Å²) in [7, 11) is 0. The summed E-state index contributed by atoms with van der Waals surface area (Å²) in [6.45, 7) is 0. The van der Waals surface area contributed by atoms with Crippen LogP contribution in [0.15, 0.2) is 24.3 Å². The van der Waals surface area contributed by atoms with E-state index in [4.69, 9.17) is 0 Å². The van der Waals surface area contributed by atoms with E-state index >= 15 is 0 Å². The van der Waals surface area contributed by atoms with Gasteiger partial charge in [-0.1, -0.05) is 17.7 Å². The lowest BCUT2D eigenvalue weighted by Crippen LogP contribution is -2.03. The number of halogens is 3. The molecule has 0 fully saturated rings. The molecule has 0 saturated carbocycles. The molecule has 0 aliphatic carbocycles. The topological polar surface area (TPSA) is 0 Å². The van der Waals surface area contributed by atoms with Crippen LogP contribution in [0.3, 0.4) is 0 Å². The predicted octanol–water partition coefficient (Wildman–Crippen LogP) is 3.38. The van der Waals surface area contributed by atoms with Gasteiger partial charge in [-0.05, 0) is 35.8 Å². The van der Waals surface area contributed by atoms with Gasteiger partial charge in [0.2, 0.25) is 0 Å². The highest BCUT2D eigenvalue weighted by molar-refractivity contribution is 8.03. The van der Waals surface area contributed by atoms with Crippen LogP contribution >= 0.6 is 11.8 Å². The van der Waals surface area contributed by atoms with Crippen molar-refractivity contribution >= 4 is 11.8 Å². The molecular weight excluding hydrogens is 209 g/mol. The van der Waals surface area contributed by atoms with Crippen molar-refractivity contribution in [2.75, 3.05) is 6.26 Å². The third-order valence-electron chi connectivity index (χ3n) is 1.51. The highest BCUT2D eigenvalue weighted by atomic mass is 32.2. The normalized spacial score (nSPS) is 10.6. The fourth-order valence-electron chi connectivity index (χ4n) is 0.853. The van der Waals surface area contributed by atoms with Gasteiger partial charge in [0.25, 0.3) is 0 Å². The lowest BCUT2D eigenvalue weighted by atomic mass is 10.1. The molecule has 0 spiro atoms. The highest BCUT2D eigenvalue weighted by Crippen LogP contribution is 2.28. The van der Waals surface area contributed by atoms with Crippen molar-refractivity contribution in [2.45, 2.75) is 6.18 Å². The average Bonchev–Trinajstić information content (AvgIpc) is 2.14. The molecule has 0 aliphatic rings. The van der Waals surface area contributed by atoms with Gasteiger partial charge in [-0.15, -0.1) is 0 Å². The smallest absolute Gasteiger partial charge is 0.166 e. The maximum atomic E-state index is 12.1. The summed E-state index contributed by atoms with van der Waals surface area (Å²) in [6, 6.07) is 4.80. The van der Waals surface area contributed by atoms with Gasteiger partial charge in [0.1, 0.15) is 0 Å². The molecule has 74 valence electrons. The molecule has 0 heterocycles. The van der Waals surface area contributed by atoms with Gasteiger partial charge in [0.05, 0.1) is 5.56 Å². The second kappa shape index (κ2) is 4.43. The van der Waals surface area contributed by atoms with Gasteiger partial charge in [0, 0.05) is 5.56 Å². The first-order chi connectivity index (χ1) is 6.54. The highest BCUT2D eigenvalue weighted by Gasteiger charge is 2.29. The molecule has 0 saturated heterocycles. The number of rotatable bonds is 0. The quantitative estimate of drug-likeness (QED) is 0.599. The van der Waals surface area contributed by atoms with Crippen molar-refractivity contribution in [2.24, 2.45) is 0 Å². The molecule has 1 rings (SSSR count). The molecule has 0 amide bonds. The molecule has 0 atom stereocenters. The number of hydrogen-bond donors (Lipinski definition) is 0. The molecule has 0 aliphatic heterocycles. The lowest BCUT2D eigenvalue weighted by molar-refractivity contribution is -0.137. The largest absolute Gasteiger partial charge is 0.416 e. The number of thioether (sulfide) groups is 1. The Hall–Kier alpha value is -1.08. The fraction of sp³-hybridized carbons (Fsp3) is 0.200. The van der Waals surface area contributed by atoms with Gasteiger partial charge in [0.15, 0.2) is 0 Å². The molecule has 1 aromatic rings. The zero-order chi connectivity index (χ0) is 10.6. The zero-order valence-electron chi connectivity index (χ0n) is 7.35. The summed E-state index contributed by atoms with van der Waals surface area (Å²) in [5, 5.41) is 2.71. The summed E-state index contributed by atoms with van der Waals surface area (Å²) >= 11 is 1.32. The minimum absolute atomic E-state index is 0.590. The van der Waals surface area contributed by atoms with Crippen molar-refractivity contribution in [3.05, 3.63) is 35.4 Å². The van der Waals surface area contributed by atoms with E-state index in [0.29, 0.717) is 5.56 Å². The maximum absolute atomic E-state index is 12.1. The van der Waals surface area contributed by atoms with Gasteiger partial charge >= 0.3 is 6.18 Å². The minimum atomic E-state index is -4.27. The summed E-state index contributed by atoms with van der Waals surface area (Å²) < 4.78 is 36.4. The van der Waals surface area contributed by atoms with E-state index in [1.54, 1.807) is 6.26 Å². The monoisotopic (exact) mass is 216 g/mol. The van der Waals surface area contributed by atoms with E-state index in [1.807, 2.05) is 0 Å². The molecule has 0 aromatic heterocycles. The molecule has 1 aromatic carbocycles. The van der Waals surface area contributed by atoms with Crippen molar-refractivity contribution in [1.29, 1.82) is 0 Å². The lowest BCUT2D eigenvalue weighted by Gasteiger charge is -2.05. The van der Waals surface area contributed by atoms with Crippen molar-refractivity contribution < 1.29 is 13.2 Å². The number of hydrogen-bond acceptors (Lipinski definition) is 1. The van der Waals surface area contributed by atoms with Gasteiger partial charge in [-0.25, -0.2) is 0 Å². The second-order valence-electron chi connectivity index (χ2n) is 2.51. The van der Waals surface area contributed by atoms with Crippen LogP contribution in [-0.4, -0.2) is 6.26 Å². The van der Waals surface area contributed by atoms with Crippen LogP contribution in [0, 0.1) is 11.2 Å². The fourth-order valence-corrected chi connectivity index (χ4v) is 1.07. The van der Waals surface area contributed by atoms with Crippen LogP contribution < -0.4 is 0 Å². The molecule has 4 heteroatoms. The summed E-state index contributed by atoms with van der Waals surface area (Å²) in [5.74, 6) is 2.72. The molecule has 0 radical (unpaired) electrons. The van der Waals surface area contributed by atoms with E-state index in [0.717, 1.165) is 12.1 Å². The van der Waals surface area contributed by atoms with Crippen LogP contribution in [0.2, 0.25) is 0 Å². The standard InChI is InChI=1S/C10H7F3S/c1-14-7-6-8-2-4-9(5-3-8)10(11,12)13/h2-5H,1H3. The van der Waals surface area contributed by atoms with E-state index in [9.17, 15) is 13.2 Å². The van der Waals surface area contributed by atoms with Crippen LogP contribution in [-0.2, 0) is 6.18 Å². The Balaban J connectivity index is 2.89. The van der Waals surface area contributed by atoms with Crippen molar-refractivity contribution in [3.8, 4) is 11.2 Å². The molecular formula is C10H7F3S. The van der Waals surface area contributed by atoms with Crippen LogP contribution in [0.1, 0.15) is 11.1 Å². The van der Waals surface area contributed by atoms with E-state index in [2.05, 4.69) is 11.2 Å². The number of alkyl halides is 3. The molecule has 14 heavy (non-hydrogen) atoms. The third-order valence-corrected chi connectivity index (χ3v) is 1.82. The third kappa shape index (κ3) is 3.00. The van der Waals surface area contributed by atoms with Gasteiger partial charge in [-0.2, -0.15) is 13.2 Å².